The lowest BCUT2D eigenvalue weighted by atomic mass is 9.79. The van der Waals surface area contributed by atoms with Crippen LogP contribution in [-0.2, 0) is 5.41 Å². The van der Waals surface area contributed by atoms with E-state index in [1.807, 2.05) is 13.8 Å². The number of hydrogen-bond acceptors (Lipinski definition) is 2. The van der Waals surface area contributed by atoms with Gasteiger partial charge in [0.15, 0.2) is 0 Å². The third kappa shape index (κ3) is 2.32. The summed E-state index contributed by atoms with van der Waals surface area (Å²) >= 11 is 0. The SMILES string of the molecule is CC(C)Oc1ccc(C2(C(C)(C)N)CC2)cc1. The highest BCUT2D eigenvalue weighted by atomic mass is 16.5. The molecule has 1 fully saturated rings. The van der Waals surface area contributed by atoms with Crippen LogP contribution in [0.25, 0.3) is 0 Å². The molecular formula is C15H23NO. The summed E-state index contributed by atoms with van der Waals surface area (Å²) in [6, 6.07) is 8.45. The van der Waals surface area contributed by atoms with E-state index < -0.39 is 0 Å². The Kier molecular flexibility index (Phi) is 2.94. The van der Waals surface area contributed by atoms with Gasteiger partial charge in [-0.2, -0.15) is 0 Å². The van der Waals surface area contributed by atoms with Gasteiger partial charge in [0.05, 0.1) is 6.10 Å². The first-order chi connectivity index (χ1) is 7.85. The Morgan fingerprint density at radius 1 is 1.18 bits per heavy atom. The maximum atomic E-state index is 6.30. The predicted molar refractivity (Wildman–Crippen MR) is 71.4 cm³/mol. The molecular weight excluding hydrogens is 210 g/mol. The molecule has 2 N–H and O–H groups in total. The molecule has 0 saturated heterocycles. The normalized spacial score (nSPS) is 18.2. The molecule has 0 spiro atoms. The van der Waals surface area contributed by atoms with E-state index >= 15 is 0 Å². The van der Waals surface area contributed by atoms with Gasteiger partial charge in [0, 0.05) is 11.0 Å². The van der Waals surface area contributed by atoms with E-state index in [2.05, 4.69) is 38.1 Å². The van der Waals surface area contributed by atoms with Gasteiger partial charge in [-0.25, -0.2) is 0 Å². The van der Waals surface area contributed by atoms with Crippen molar-refractivity contribution in [3.05, 3.63) is 29.8 Å². The topological polar surface area (TPSA) is 35.2 Å². The third-order valence-corrected chi connectivity index (χ3v) is 3.76. The van der Waals surface area contributed by atoms with E-state index in [-0.39, 0.29) is 17.1 Å². The van der Waals surface area contributed by atoms with Crippen molar-refractivity contribution >= 4 is 0 Å². The Hall–Kier alpha value is -1.02. The molecule has 2 nitrogen and oxygen atoms in total. The van der Waals surface area contributed by atoms with Crippen LogP contribution in [-0.4, -0.2) is 11.6 Å². The second kappa shape index (κ2) is 4.02. The molecule has 1 aliphatic carbocycles. The molecule has 1 saturated carbocycles. The molecule has 0 unspecified atom stereocenters. The van der Waals surface area contributed by atoms with E-state index in [4.69, 9.17) is 10.5 Å². The Balaban J connectivity index is 2.19. The van der Waals surface area contributed by atoms with Gasteiger partial charge in [-0.05, 0) is 58.2 Å². The summed E-state index contributed by atoms with van der Waals surface area (Å²) in [5.41, 5.74) is 7.68. The fourth-order valence-electron chi connectivity index (χ4n) is 2.55. The first kappa shape index (κ1) is 12.4. The molecule has 2 heteroatoms. The summed E-state index contributed by atoms with van der Waals surface area (Å²) in [4.78, 5) is 0. The molecule has 0 aromatic heterocycles. The zero-order valence-corrected chi connectivity index (χ0v) is 11.3. The minimum absolute atomic E-state index is 0.145. The monoisotopic (exact) mass is 233 g/mol. The van der Waals surface area contributed by atoms with Crippen molar-refractivity contribution < 1.29 is 4.74 Å². The Morgan fingerprint density at radius 3 is 2.06 bits per heavy atom. The summed E-state index contributed by atoms with van der Waals surface area (Å²) in [7, 11) is 0. The lowest BCUT2D eigenvalue weighted by Crippen LogP contribution is -2.45. The number of hydrogen-bond donors (Lipinski definition) is 1. The van der Waals surface area contributed by atoms with Crippen molar-refractivity contribution in [1.29, 1.82) is 0 Å². The van der Waals surface area contributed by atoms with Crippen molar-refractivity contribution in [2.45, 2.75) is 57.6 Å². The van der Waals surface area contributed by atoms with Crippen LogP contribution in [0.4, 0.5) is 0 Å². The van der Waals surface area contributed by atoms with Crippen LogP contribution in [0.15, 0.2) is 24.3 Å². The summed E-state index contributed by atoms with van der Waals surface area (Å²) in [5.74, 6) is 0.939. The van der Waals surface area contributed by atoms with Crippen molar-refractivity contribution in [3.8, 4) is 5.75 Å². The molecule has 0 aliphatic heterocycles. The molecule has 1 aromatic carbocycles. The quantitative estimate of drug-likeness (QED) is 0.866. The molecule has 1 aliphatic rings. The van der Waals surface area contributed by atoms with Gasteiger partial charge < -0.3 is 10.5 Å². The summed E-state index contributed by atoms with van der Waals surface area (Å²) in [6.45, 7) is 8.33. The van der Waals surface area contributed by atoms with E-state index in [1.54, 1.807) is 0 Å². The van der Waals surface area contributed by atoms with E-state index in [0.717, 1.165) is 5.75 Å². The standard InChI is InChI=1S/C15H23NO/c1-11(2)17-13-7-5-12(6-8-13)15(9-10-15)14(3,4)16/h5-8,11H,9-10,16H2,1-4H3. The largest absolute Gasteiger partial charge is 0.491 e. The number of benzene rings is 1. The average Bonchev–Trinajstić information content (AvgIpc) is 2.97. The molecule has 0 radical (unpaired) electrons. The number of ether oxygens (including phenoxy) is 1. The molecule has 94 valence electrons. The second-order valence-electron chi connectivity index (χ2n) is 5.99. The fourth-order valence-corrected chi connectivity index (χ4v) is 2.55. The molecule has 0 heterocycles. The van der Waals surface area contributed by atoms with Crippen LogP contribution < -0.4 is 10.5 Å². The van der Waals surface area contributed by atoms with Gasteiger partial charge in [0.2, 0.25) is 0 Å². The van der Waals surface area contributed by atoms with Crippen molar-refractivity contribution in [2.75, 3.05) is 0 Å². The predicted octanol–water partition coefficient (Wildman–Crippen LogP) is 3.24. The van der Waals surface area contributed by atoms with Gasteiger partial charge in [0.1, 0.15) is 5.75 Å². The second-order valence-corrected chi connectivity index (χ2v) is 5.99. The summed E-state index contributed by atoms with van der Waals surface area (Å²) < 4.78 is 5.66. The molecule has 2 rings (SSSR count). The van der Waals surface area contributed by atoms with Crippen LogP contribution >= 0.6 is 0 Å². The lowest BCUT2D eigenvalue weighted by molar-refractivity contribution is 0.242. The molecule has 0 amide bonds. The van der Waals surface area contributed by atoms with Crippen LogP contribution in [0.5, 0.6) is 5.75 Å². The molecule has 0 bridgehead atoms. The highest BCUT2D eigenvalue weighted by Gasteiger charge is 2.53. The number of rotatable bonds is 4. The van der Waals surface area contributed by atoms with Crippen LogP contribution in [0.3, 0.4) is 0 Å². The lowest BCUT2D eigenvalue weighted by Gasteiger charge is -2.31. The van der Waals surface area contributed by atoms with Crippen molar-refractivity contribution in [1.82, 2.24) is 0 Å². The molecule has 1 aromatic rings. The summed E-state index contributed by atoms with van der Waals surface area (Å²) in [5, 5.41) is 0. The molecule has 0 atom stereocenters. The van der Waals surface area contributed by atoms with Gasteiger partial charge in [-0.15, -0.1) is 0 Å². The van der Waals surface area contributed by atoms with Crippen LogP contribution in [0, 0.1) is 0 Å². The average molecular weight is 233 g/mol. The van der Waals surface area contributed by atoms with Crippen LogP contribution in [0.2, 0.25) is 0 Å². The van der Waals surface area contributed by atoms with Crippen LogP contribution in [0.1, 0.15) is 46.1 Å². The van der Waals surface area contributed by atoms with Gasteiger partial charge in [-0.3, -0.25) is 0 Å². The van der Waals surface area contributed by atoms with E-state index in [9.17, 15) is 0 Å². The minimum Gasteiger partial charge on any atom is -0.491 e. The highest BCUT2D eigenvalue weighted by Crippen LogP contribution is 2.54. The van der Waals surface area contributed by atoms with Crippen molar-refractivity contribution in [3.63, 3.8) is 0 Å². The Morgan fingerprint density at radius 2 is 1.71 bits per heavy atom. The van der Waals surface area contributed by atoms with Gasteiger partial charge in [-0.1, -0.05) is 12.1 Å². The molecule has 17 heavy (non-hydrogen) atoms. The highest BCUT2D eigenvalue weighted by molar-refractivity contribution is 5.39. The maximum absolute atomic E-state index is 6.30. The first-order valence-corrected chi connectivity index (χ1v) is 6.41. The minimum atomic E-state index is -0.145. The van der Waals surface area contributed by atoms with Gasteiger partial charge >= 0.3 is 0 Å². The fraction of sp³-hybridized carbons (Fsp3) is 0.600. The zero-order chi connectivity index (χ0) is 12.7. The smallest absolute Gasteiger partial charge is 0.119 e. The number of nitrogens with two attached hydrogens (primary N) is 1. The van der Waals surface area contributed by atoms with Gasteiger partial charge in [0.25, 0.3) is 0 Å². The Labute approximate surface area is 104 Å². The Bertz CT molecular complexity index is 382. The third-order valence-electron chi connectivity index (χ3n) is 3.76. The first-order valence-electron chi connectivity index (χ1n) is 6.41. The zero-order valence-electron chi connectivity index (χ0n) is 11.3. The van der Waals surface area contributed by atoms with E-state index in [0.29, 0.717) is 0 Å². The summed E-state index contributed by atoms with van der Waals surface area (Å²) in [6.07, 6.45) is 2.61. The van der Waals surface area contributed by atoms with E-state index in [1.165, 1.54) is 18.4 Å². The maximum Gasteiger partial charge on any atom is 0.119 e. The van der Waals surface area contributed by atoms with Crippen molar-refractivity contribution in [2.24, 2.45) is 5.73 Å².